The van der Waals surface area contributed by atoms with E-state index in [1.165, 1.54) is 0 Å². The zero-order chi connectivity index (χ0) is 23.5. The highest BCUT2D eigenvalue weighted by Gasteiger charge is 2.42. The topological polar surface area (TPSA) is 66.8 Å². The molecule has 1 heterocycles. The standard InChI is InChI=1S/C25H23Cl2NO4S/c1-28-23(18-6-10-20(26)11-7-18)24(19-8-12-21(27)13-9-19)32-22(25(28)29)14-16-2-4-17(5-3-16)15-33(30)31/h2-13,22-24H,14-15H2,1H3,(H,30,31)/t22-,23+,24-/m1/s1. The highest BCUT2D eigenvalue weighted by molar-refractivity contribution is 7.78. The molecular weight excluding hydrogens is 481 g/mol. The van der Waals surface area contributed by atoms with Crippen LogP contribution in [0.4, 0.5) is 0 Å². The summed E-state index contributed by atoms with van der Waals surface area (Å²) in [4.78, 5) is 15.0. The first-order chi connectivity index (χ1) is 15.8. The predicted octanol–water partition coefficient (Wildman–Crippen LogP) is 5.60. The molecule has 1 aliphatic heterocycles. The summed E-state index contributed by atoms with van der Waals surface area (Å²) in [7, 11) is 1.79. The van der Waals surface area contributed by atoms with Crippen molar-refractivity contribution in [1.29, 1.82) is 0 Å². The van der Waals surface area contributed by atoms with Gasteiger partial charge in [-0.1, -0.05) is 71.7 Å². The number of likely N-dealkylation sites (N-methyl/N-ethyl adjacent to an activating group) is 1. The maximum atomic E-state index is 13.3. The molecule has 1 aliphatic rings. The Kier molecular flexibility index (Phi) is 7.51. The van der Waals surface area contributed by atoms with Gasteiger partial charge in [0.15, 0.2) is 11.1 Å². The summed E-state index contributed by atoms with van der Waals surface area (Å²) in [5, 5.41) is 1.25. The van der Waals surface area contributed by atoms with Crippen LogP contribution in [-0.2, 0) is 32.8 Å². The average molecular weight is 504 g/mol. The third kappa shape index (κ3) is 5.65. The summed E-state index contributed by atoms with van der Waals surface area (Å²) in [5.74, 6) is -0.0378. The summed E-state index contributed by atoms with van der Waals surface area (Å²) in [6.07, 6.45) is -0.674. The first-order valence-corrected chi connectivity index (χ1v) is 12.4. The van der Waals surface area contributed by atoms with Gasteiger partial charge in [-0.15, -0.1) is 0 Å². The molecule has 1 fully saturated rings. The van der Waals surface area contributed by atoms with Crippen LogP contribution in [0, 0.1) is 0 Å². The Morgan fingerprint density at radius 2 is 1.39 bits per heavy atom. The molecule has 5 nitrogen and oxygen atoms in total. The second kappa shape index (κ2) is 10.4. The molecule has 1 unspecified atom stereocenters. The first kappa shape index (κ1) is 23.9. The maximum Gasteiger partial charge on any atom is 0.252 e. The summed E-state index contributed by atoms with van der Waals surface area (Å²) in [6, 6.07) is 21.9. The van der Waals surface area contributed by atoms with Gasteiger partial charge in [-0.25, -0.2) is 4.21 Å². The van der Waals surface area contributed by atoms with Crippen LogP contribution >= 0.6 is 23.2 Å². The first-order valence-electron chi connectivity index (χ1n) is 10.4. The van der Waals surface area contributed by atoms with Gasteiger partial charge in [-0.2, -0.15) is 0 Å². The lowest BCUT2D eigenvalue weighted by Crippen LogP contribution is -2.49. The summed E-state index contributed by atoms with van der Waals surface area (Å²) < 4.78 is 26.5. The minimum Gasteiger partial charge on any atom is -0.358 e. The summed E-state index contributed by atoms with van der Waals surface area (Å²) in [6.45, 7) is 0. The lowest BCUT2D eigenvalue weighted by molar-refractivity contribution is -0.171. The number of hydrogen-bond donors (Lipinski definition) is 1. The highest BCUT2D eigenvalue weighted by Crippen LogP contribution is 2.42. The van der Waals surface area contributed by atoms with Gasteiger partial charge in [0, 0.05) is 23.5 Å². The van der Waals surface area contributed by atoms with Crippen LogP contribution in [0.5, 0.6) is 0 Å². The van der Waals surface area contributed by atoms with Gasteiger partial charge in [-0.3, -0.25) is 4.79 Å². The number of ether oxygens (including phenoxy) is 1. The van der Waals surface area contributed by atoms with Crippen molar-refractivity contribution in [1.82, 2.24) is 4.90 Å². The average Bonchev–Trinajstić information content (AvgIpc) is 2.79. The molecule has 8 heteroatoms. The zero-order valence-electron chi connectivity index (χ0n) is 17.9. The minimum absolute atomic E-state index is 0.0727. The SMILES string of the molecule is CN1C(=O)[C@@H](Cc2ccc(CS(=O)O)cc2)O[C@H](c2ccc(Cl)cc2)[C@@H]1c1ccc(Cl)cc1. The number of carbonyl (C=O) groups is 1. The number of hydrogen-bond acceptors (Lipinski definition) is 3. The molecule has 1 N–H and O–H groups in total. The third-order valence-electron chi connectivity index (χ3n) is 5.78. The van der Waals surface area contributed by atoms with Crippen molar-refractivity contribution >= 4 is 40.2 Å². The highest BCUT2D eigenvalue weighted by atomic mass is 35.5. The van der Waals surface area contributed by atoms with Crippen molar-refractivity contribution in [2.24, 2.45) is 0 Å². The fourth-order valence-electron chi connectivity index (χ4n) is 4.11. The van der Waals surface area contributed by atoms with Crippen molar-refractivity contribution in [3.63, 3.8) is 0 Å². The van der Waals surface area contributed by atoms with E-state index in [-0.39, 0.29) is 17.7 Å². The molecule has 0 aromatic heterocycles. The molecule has 3 aromatic carbocycles. The fraction of sp³-hybridized carbons (Fsp3) is 0.240. The van der Waals surface area contributed by atoms with Crippen molar-refractivity contribution in [2.45, 2.75) is 30.4 Å². The second-order valence-corrected chi connectivity index (χ2v) is 9.83. The van der Waals surface area contributed by atoms with E-state index in [1.54, 1.807) is 36.2 Å². The van der Waals surface area contributed by atoms with Crippen LogP contribution in [0.25, 0.3) is 0 Å². The Morgan fingerprint density at radius 3 is 1.94 bits per heavy atom. The lowest BCUT2D eigenvalue weighted by Gasteiger charge is -2.43. The fourth-order valence-corrected chi connectivity index (χ4v) is 4.84. The van der Waals surface area contributed by atoms with Crippen LogP contribution in [-0.4, -0.2) is 32.7 Å². The Bertz CT molecular complexity index is 1140. The molecule has 0 spiro atoms. The van der Waals surface area contributed by atoms with Gasteiger partial charge in [-0.05, 0) is 46.5 Å². The molecule has 4 atom stereocenters. The molecule has 4 rings (SSSR count). The van der Waals surface area contributed by atoms with Crippen molar-refractivity contribution in [3.8, 4) is 0 Å². The molecule has 0 saturated carbocycles. The number of nitrogens with zero attached hydrogens (tertiary/aromatic N) is 1. The number of carbonyl (C=O) groups excluding carboxylic acids is 1. The van der Waals surface area contributed by atoms with Gasteiger partial charge in [0.05, 0.1) is 11.8 Å². The molecule has 1 saturated heterocycles. The molecule has 0 bridgehead atoms. The Labute approximate surface area is 205 Å². The van der Waals surface area contributed by atoms with Crippen molar-refractivity contribution in [3.05, 3.63) is 105 Å². The van der Waals surface area contributed by atoms with E-state index in [0.29, 0.717) is 16.5 Å². The molecule has 172 valence electrons. The molecule has 0 radical (unpaired) electrons. The van der Waals surface area contributed by atoms with Crippen LogP contribution < -0.4 is 0 Å². The number of morpholine rings is 1. The molecule has 33 heavy (non-hydrogen) atoms. The van der Waals surface area contributed by atoms with E-state index in [9.17, 15) is 9.00 Å². The van der Waals surface area contributed by atoms with Crippen LogP contribution in [0.1, 0.15) is 34.4 Å². The summed E-state index contributed by atoms with van der Waals surface area (Å²) in [5.41, 5.74) is 3.52. The second-order valence-electron chi connectivity index (χ2n) is 8.03. The van der Waals surface area contributed by atoms with Gasteiger partial charge >= 0.3 is 0 Å². The molecule has 1 amide bonds. The van der Waals surface area contributed by atoms with Crippen molar-refractivity contribution in [2.75, 3.05) is 7.05 Å². The van der Waals surface area contributed by atoms with E-state index in [1.807, 2.05) is 48.5 Å². The van der Waals surface area contributed by atoms with Gasteiger partial charge in [0.25, 0.3) is 5.91 Å². The van der Waals surface area contributed by atoms with Gasteiger partial charge < -0.3 is 14.2 Å². The lowest BCUT2D eigenvalue weighted by atomic mass is 9.91. The monoisotopic (exact) mass is 503 g/mol. The van der Waals surface area contributed by atoms with Gasteiger partial charge in [0.2, 0.25) is 0 Å². The van der Waals surface area contributed by atoms with E-state index in [0.717, 1.165) is 22.3 Å². The largest absolute Gasteiger partial charge is 0.358 e. The Balaban J connectivity index is 1.63. The van der Waals surface area contributed by atoms with E-state index >= 15 is 0 Å². The molecule has 3 aromatic rings. The molecule has 0 aliphatic carbocycles. The number of amides is 1. The van der Waals surface area contributed by atoms with Crippen LogP contribution in [0.2, 0.25) is 10.0 Å². The van der Waals surface area contributed by atoms with E-state index in [2.05, 4.69) is 0 Å². The third-order valence-corrected chi connectivity index (χ3v) is 6.87. The number of benzene rings is 3. The zero-order valence-corrected chi connectivity index (χ0v) is 20.2. The quantitative estimate of drug-likeness (QED) is 0.444. The van der Waals surface area contributed by atoms with Crippen LogP contribution in [0.15, 0.2) is 72.8 Å². The van der Waals surface area contributed by atoms with E-state index in [4.69, 9.17) is 32.5 Å². The number of rotatable bonds is 6. The summed E-state index contributed by atoms with van der Waals surface area (Å²) >= 11 is 10.3. The smallest absolute Gasteiger partial charge is 0.252 e. The normalized spacial score (nSPS) is 21.8. The Hall–Kier alpha value is -2.22. The Morgan fingerprint density at radius 1 is 0.879 bits per heavy atom. The number of halogens is 2. The molecular formula is C25H23Cl2NO4S. The van der Waals surface area contributed by atoms with Crippen LogP contribution in [0.3, 0.4) is 0 Å². The predicted molar refractivity (Wildman–Crippen MR) is 131 cm³/mol. The minimum atomic E-state index is -1.89. The van der Waals surface area contributed by atoms with E-state index < -0.39 is 23.3 Å². The van der Waals surface area contributed by atoms with Gasteiger partial charge in [0.1, 0.15) is 12.2 Å². The van der Waals surface area contributed by atoms with Crippen molar-refractivity contribution < 1.29 is 18.3 Å². The maximum absolute atomic E-state index is 13.3.